The van der Waals surface area contributed by atoms with E-state index < -0.39 is 17.3 Å². The van der Waals surface area contributed by atoms with Gasteiger partial charge in [0.15, 0.2) is 0 Å². The van der Waals surface area contributed by atoms with E-state index in [1.165, 1.54) is 31.7 Å². The van der Waals surface area contributed by atoms with Crippen LogP contribution in [-0.2, 0) is 4.74 Å². The predicted octanol–water partition coefficient (Wildman–Crippen LogP) is 3.20. The summed E-state index contributed by atoms with van der Waals surface area (Å²) < 4.78 is 18.4. The fraction of sp³-hybridized carbons (Fsp3) is 0.412. The van der Waals surface area contributed by atoms with Gasteiger partial charge in [-0.05, 0) is 31.0 Å². The summed E-state index contributed by atoms with van der Waals surface area (Å²) in [4.78, 5) is 27.0. The molecule has 5 nitrogen and oxygen atoms in total. The zero-order valence-corrected chi connectivity index (χ0v) is 12.9. The van der Waals surface area contributed by atoms with Crippen molar-refractivity contribution in [3.8, 4) is 0 Å². The molecule has 23 heavy (non-hydrogen) atoms. The van der Waals surface area contributed by atoms with Crippen LogP contribution in [0.15, 0.2) is 23.0 Å². The lowest BCUT2D eigenvalue weighted by Gasteiger charge is -2.25. The molecule has 1 aliphatic carbocycles. The van der Waals surface area contributed by atoms with Crippen molar-refractivity contribution in [3.05, 3.63) is 39.9 Å². The molecule has 1 aliphatic rings. The monoisotopic (exact) mass is 318 g/mol. The fourth-order valence-electron chi connectivity index (χ4n) is 3.16. The number of ether oxygens (including phenoxy) is 1. The molecule has 0 bridgehead atoms. The van der Waals surface area contributed by atoms with Gasteiger partial charge in [-0.25, -0.2) is 9.18 Å². The Morgan fingerprint density at radius 1 is 1.30 bits per heavy atom. The van der Waals surface area contributed by atoms with Gasteiger partial charge in [0, 0.05) is 11.4 Å². The third kappa shape index (κ3) is 3.06. The Bertz CT molecular complexity index is 794. The van der Waals surface area contributed by atoms with E-state index in [1.807, 2.05) is 0 Å². The lowest BCUT2D eigenvalue weighted by Crippen LogP contribution is -2.28. The number of carbonyl (C=O) groups excluding carboxylic acids is 1. The second-order valence-electron chi connectivity index (χ2n) is 5.86. The zero-order chi connectivity index (χ0) is 16.4. The first-order valence-corrected chi connectivity index (χ1v) is 7.80. The van der Waals surface area contributed by atoms with Gasteiger partial charge >= 0.3 is 5.97 Å². The minimum atomic E-state index is -0.726. The van der Waals surface area contributed by atoms with Gasteiger partial charge in [0.25, 0.3) is 5.56 Å². The molecular weight excluding hydrogens is 299 g/mol. The number of methoxy groups -OCH3 is 1. The molecule has 1 fully saturated rings. The number of hydrogen-bond donors (Lipinski definition) is 2. The third-order valence-electron chi connectivity index (χ3n) is 4.32. The zero-order valence-electron chi connectivity index (χ0n) is 12.9. The SMILES string of the molecule is COC(=O)c1c(NC2CCCCC2)c2cc(F)ccc2[nH]c1=O. The first-order valence-electron chi connectivity index (χ1n) is 7.80. The van der Waals surface area contributed by atoms with Crippen molar-refractivity contribution in [2.45, 2.75) is 38.1 Å². The molecule has 1 heterocycles. The number of carbonyl (C=O) groups is 1. The van der Waals surface area contributed by atoms with Crippen molar-refractivity contribution >= 4 is 22.6 Å². The number of anilines is 1. The molecule has 0 aliphatic heterocycles. The van der Waals surface area contributed by atoms with Crippen molar-refractivity contribution in [1.82, 2.24) is 4.98 Å². The summed E-state index contributed by atoms with van der Waals surface area (Å²) in [7, 11) is 1.22. The largest absolute Gasteiger partial charge is 0.465 e. The molecule has 1 saturated carbocycles. The minimum absolute atomic E-state index is 0.101. The van der Waals surface area contributed by atoms with E-state index in [0.717, 1.165) is 25.7 Å². The summed E-state index contributed by atoms with van der Waals surface area (Å²) >= 11 is 0. The molecule has 0 unspecified atom stereocenters. The third-order valence-corrected chi connectivity index (χ3v) is 4.32. The van der Waals surface area contributed by atoms with Gasteiger partial charge in [-0.15, -0.1) is 0 Å². The van der Waals surface area contributed by atoms with Crippen LogP contribution in [0.5, 0.6) is 0 Å². The van der Waals surface area contributed by atoms with Gasteiger partial charge in [-0.1, -0.05) is 19.3 Å². The molecule has 0 atom stereocenters. The second kappa shape index (κ2) is 6.40. The number of aromatic amines is 1. The average molecular weight is 318 g/mol. The van der Waals surface area contributed by atoms with Gasteiger partial charge in [0.2, 0.25) is 0 Å². The molecule has 1 aromatic heterocycles. The van der Waals surface area contributed by atoms with Gasteiger partial charge < -0.3 is 15.0 Å². The van der Waals surface area contributed by atoms with Crippen LogP contribution in [0.25, 0.3) is 10.9 Å². The molecule has 0 spiro atoms. The van der Waals surface area contributed by atoms with Crippen molar-refractivity contribution in [3.63, 3.8) is 0 Å². The number of pyridine rings is 1. The van der Waals surface area contributed by atoms with Crippen molar-refractivity contribution in [2.24, 2.45) is 0 Å². The lowest BCUT2D eigenvalue weighted by molar-refractivity contribution is 0.0600. The van der Waals surface area contributed by atoms with Crippen molar-refractivity contribution < 1.29 is 13.9 Å². The molecule has 1 aromatic carbocycles. The maximum Gasteiger partial charge on any atom is 0.345 e. The van der Waals surface area contributed by atoms with Crippen LogP contribution in [0, 0.1) is 5.82 Å². The highest BCUT2D eigenvalue weighted by Crippen LogP contribution is 2.29. The normalized spacial score (nSPS) is 15.6. The van der Waals surface area contributed by atoms with Crippen molar-refractivity contribution in [1.29, 1.82) is 0 Å². The van der Waals surface area contributed by atoms with Crippen LogP contribution in [0.4, 0.5) is 10.1 Å². The Balaban J connectivity index is 2.18. The van der Waals surface area contributed by atoms with Crippen LogP contribution >= 0.6 is 0 Å². The Kier molecular flexibility index (Phi) is 4.32. The average Bonchev–Trinajstić information content (AvgIpc) is 2.56. The van der Waals surface area contributed by atoms with E-state index in [9.17, 15) is 14.0 Å². The summed E-state index contributed by atoms with van der Waals surface area (Å²) in [6.07, 6.45) is 5.31. The number of aromatic nitrogens is 1. The van der Waals surface area contributed by atoms with Gasteiger partial charge in [0.05, 0.1) is 18.3 Å². The topological polar surface area (TPSA) is 71.2 Å². The highest BCUT2D eigenvalue weighted by Gasteiger charge is 2.23. The number of esters is 1. The summed E-state index contributed by atoms with van der Waals surface area (Å²) in [5, 5.41) is 3.77. The first-order chi connectivity index (χ1) is 11.1. The first kappa shape index (κ1) is 15.5. The van der Waals surface area contributed by atoms with E-state index in [4.69, 9.17) is 4.74 Å². The summed E-state index contributed by atoms with van der Waals surface area (Å²) in [6.45, 7) is 0. The molecule has 6 heteroatoms. The second-order valence-corrected chi connectivity index (χ2v) is 5.86. The van der Waals surface area contributed by atoms with Crippen LogP contribution in [0.1, 0.15) is 42.5 Å². The maximum atomic E-state index is 13.7. The molecule has 2 aromatic rings. The Morgan fingerprint density at radius 3 is 2.74 bits per heavy atom. The number of benzene rings is 1. The summed E-state index contributed by atoms with van der Waals surface area (Å²) in [5.41, 5.74) is 0.217. The van der Waals surface area contributed by atoms with Gasteiger partial charge in [0.1, 0.15) is 11.4 Å². The van der Waals surface area contributed by atoms with Crippen LogP contribution in [0.3, 0.4) is 0 Å². The smallest absolute Gasteiger partial charge is 0.345 e. The fourth-order valence-corrected chi connectivity index (χ4v) is 3.16. The van der Waals surface area contributed by atoms with Crippen LogP contribution in [-0.4, -0.2) is 24.1 Å². The number of rotatable bonds is 3. The standard InChI is InChI=1S/C17H19FN2O3/c1-23-17(22)14-15(19-11-5-3-2-4-6-11)12-9-10(18)7-8-13(12)20-16(14)21/h7-9,11H,2-6H2,1H3,(H2,19,20,21). The van der Waals surface area contributed by atoms with Crippen molar-refractivity contribution in [2.75, 3.05) is 12.4 Å². The minimum Gasteiger partial charge on any atom is -0.465 e. The van der Waals surface area contributed by atoms with E-state index in [2.05, 4.69) is 10.3 Å². The number of fused-ring (bicyclic) bond motifs is 1. The Labute approximate surface area is 132 Å². The number of hydrogen-bond acceptors (Lipinski definition) is 4. The van der Waals surface area contributed by atoms with Gasteiger partial charge in [-0.3, -0.25) is 4.79 Å². The van der Waals surface area contributed by atoms with Crippen LogP contribution in [0.2, 0.25) is 0 Å². The highest BCUT2D eigenvalue weighted by molar-refractivity contribution is 6.04. The number of nitrogens with one attached hydrogen (secondary N) is 2. The number of H-pyrrole nitrogens is 1. The predicted molar refractivity (Wildman–Crippen MR) is 86.4 cm³/mol. The quantitative estimate of drug-likeness (QED) is 0.853. The van der Waals surface area contributed by atoms with E-state index in [-0.39, 0.29) is 11.6 Å². The molecular formula is C17H19FN2O3. The highest BCUT2D eigenvalue weighted by atomic mass is 19.1. The molecule has 122 valence electrons. The Morgan fingerprint density at radius 2 is 2.04 bits per heavy atom. The van der Waals surface area contributed by atoms with Crippen LogP contribution < -0.4 is 10.9 Å². The summed E-state index contributed by atoms with van der Waals surface area (Å²) in [6, 6.07) is 4.27. The Hall–Kier alpha value is -2.37. The van der Waals surface area contributed by atoms with E-state index in [0.29, 0.717) is 16.6 Å². The molecule has 2 N–H and O–H groups in total. The molecule has 0 amide bonds. The number of halogens is 1. The molecule has 0 saturated heterocycles. The molecule has 0 radical (unpaired) electrons. The summed E-state index contributed by atoms with van der Waals surface area (Å²) in [5.74, 6) is -1.15. The molecule has 3 rings (SSSR count). The van der Waals surface area contributed by atoms with E-state index >= 15 is 0 Å². The maximum absolute atomic E-state index is 13.7. The van der Waals surface area contributed by atoms with Gasteiger partial charge in [-0.2, -0.15) is 0 Å². The lowest BCUT2D eigenvalue weighted by atomic mass is 9.94. The van der Waals surface area contributed by atoms with E-state index in [1.54, 1.807) is 0 Å².